The molecule has 0 bridgehead atoms. The molecule has 1 aromatic rings. The lowest BCUT2D eigenvalue weighted by atomic mass is 9.52. The molecular formula is C20H28O. The van der Waals surface area contributed by atoms with Gasteiger partial charge in [-0.1, -0.05) is 52.8 Å². The van der Waals surface area contributed by atoms with Crippen LogP contribution in [-0.4, -0.2) is 5.11 Å². The summed E-state index contributed by atoms with van der Waals surface area (Å²) in [4.78, 5) is 0. The summed E-state index contributed by atoms with van der Waals surface area (Å²) >= 11 is 0. The Bertz CT molecular complexity index is 594. The van der Waals surface area contributed by atoms with Gasteiger partial charge in [0, 0.05) is 0 Å². The number of benzene rings is 1. The van der Waals surface area contributed by atoms with Gasteiger partial charge in [0.2, 0.25) is 0 Å². The van der Waals surface area contributed by atoms with Crippen LogP contribution >= 0.6 is 0 Å². The standard InChI is InChI=1S/C20H28O/c1-13(2)15-11-14-7-8-18-19(3,4)9-6-10-20(18,5)16(14)12-17(15)21/h6,9,11-13,18,21H,7-8,10H2,1-5H3. The van der Waals surface area contributed by atoms with E-state index in [9.17, 15) is 5.11 Å². The molecule has 0 aliphatic heterocycles. The Morgan fingerprint density at radius 2 is 1.90 bits per heavy atom. The summed E-state index contributed by atoms with van der Waals surface area (Å²) in [7, 11) is 0. The van der Waals surface area contributed by atoms with Gasteiger partial charge in [0.05, 0.1) is 0 Å². The summed E-state index contributed by atoms with van der Waals surface area (Å²) in [6.07, 6.45) is 8.23. The highest BCUT2D eigenvalue weighted by molar-refractivity contribution is 5.49. The van der Waals surface area contributed by atoms with Crippen LogP contribution in [0, 0.1) is 11.3 Å². The van der Waals surface area contributed by atoms with Crippen molar-refractivity contribution in [3.63, 3.8) is 0 Å². The van der Waals surface area contributed by atoms with Crippen LogP contribution in [0.3, 0.4) is 0 Å². The van der Waals surface area contributed by atoms with Crippen LogP contribution < -0.4 is 0 Å². The van der Waals surface area contributed by atoms with Crippen molar-refractivity contribution in [1.29, 1.82) is 0 Å². The highest BCUT2D eigenvalue weighted by Crippen LogP contribution is 2.55. The number of hydrogen-bond donors (Lipinski definition) is 1. The molecule has 114 valence electrons. The fourth-order valence-corrected chi connectivity index (χ4v) is 4.83. The molecule has 1 N–H and O–H groups in total. The first-order valence-electron chi connectivity index (χ1n) is 8.29. The SMILES string of the molecule is CC(C)c1cc2c(cc1O)C1(C)CC=CC(C)(C)C1CC2. The van der Waals surface area contributed by atoms with E-state index in [1.165, 1.54) is 17.5 Å². The lowest BCUT2D eigenvalue weighted by Crippen LogP contribution is -2.45. The van der Waals surface area contributed by atoms with Crippen LogP contribution in [0.25, 0.3) is 0 Å². The van der Waals surface area contributed by atoms with E-state index in [0.29, 0.717) is 17.6 Å². The minimum atomic E-state index is 0.165. The molecule has 0 heterocycles. The number of rotatable bonds is 1. The molecule has 1 aromatic carbocycles. The predicted octanol–water partition coefficient (Wildman–Crippen LogP) is 5.32. The van der Waals surface area contributed by atoms with Crippen LogP contribution in [0.2, 0.25) is 0 Å². The maximum absolute atomic E-state index is 10.5. The van der Waals surface area contributed by atoms with Crippen LogP contribution in [0.1, 0.15) is 70.1 Å². The Morgan fingerprint density at radius 3 is 2.57 bits per heavy atom. The first kappa shape index (κ1) is 14.7. The van der Waals surface area contributed by atoms with Gasteiger partial charge in [-0.2, -0.15) is 0 Å². The topological polar surface area (TPSA) is 20.2 Å². The van der Waals surface area contributed by atoms with Crippen LogP contribution in [0.4, 0.5) is 0 Å². The lowest BCUT2D eigenvalue weighted by Gasteiger charge is -2.52. The van der Waals surface area contributed by atoms with Crippen molar-refractivity contribution in [2.24, 2.45) is 11.3 Å². The molecule has 0 saturated heterocycles. The number of phenolic OH excluding ortho intramolecular Hbond substituents is 1. The molecule has 2 unspecified atom stereocenters. The summed E-state index contributed by atoms with van der Waals surface area (Å²) in [5.74, 6) is 1.52. The normalized spacial score (nSPS) is 30.1. The maximum atomic E-state index is 10.5. The fourth-order valence-electron chi connectivity index (χ4n) is 4.83. The third-order valence-corrected chi connectivity index (χ3v) is 5.95. The van der Waals surface area contributed by atoms with Crippen molar-refractivity contribution in [3.8, 4) is 5.75 Å². The van der Waals surface area contributed by atoms with E-state index < -0.39 is 0 Å². The van der Waals surface area contributed by atoms with Gasteiger partial charge in [-0.15, -0.1) is 0 Å². The second kappa shape index (κ2) is 4.63. The average Bonchev–Trinajstić information content (AvgIpc) is 2.37. The third-order valence-electron chi connectivity index (χ3n) is 5.95. The molecule has 2 aliphatic carbocycles. The van der Waals surface area contributed by atoms with Gasteiger partial charge in [0.1, 0.15) is 5.75 Å². The zero-order valence-electron chi connectivity index (χ0n) is 14.0. The molecule has 2 atom stereocenters. The number of allylic oxidation sites excluding steroid dienone is 2. The Labute approximate surface area is 129 Å². The fraction of sp³-hybridized carbons (Fsp3) is 0.600. The first-order valence-corrected chi connectivity index (χ1v) is 8.29. The molecule has 0 fully saturated rings. The Kier molecular flexibility index (Phi) is 3.24. The van der Waals surface area contributed by atoms with Crippen LogP contribution in [-0.2, 0) is 11.8 Å². The Hall–Kier alpha value is -1.24. The van der Waals surface area contributed by atoms with Gasteiger partial charge in [0.15, 0.2) is 0 Å². The van der Waals surface area contributed by atoms with E-state index in [-0.39, 0.29) is 10.8 Å². The van der Waals surface area contributed by atoms with E-state index in [1.54, 1.807) is 0 Å². The van der Waals surface area contributed by atoms with Crippen LogP contribution in [0.15, 0.2) is 24.3 Å². The summed E-state index contributed by atoms with van der Waals surface area (Å²) in [5, 5.41) is 10.5. The smallest absolute Gasteiger partial charge is 0.119 e. The van der Waals surface area contributed by atoms with Gasteiger partial charge in [-0.05, 0) is 64.7 Å². The van der Waals surface area contributed by atoms with Crippen molar-refractivity contribution in [3.05, 3.63) is 41.0 Å². The van der Waals surface area contributed by atoms with Crippen molar-refractivity contribution in [2.75, 3.05) is 0 Å². The Balaban J connectivity index is 2.15. The molecule has 0 radical (unpaired) electrons. The quantitative estimate of drug-likeness (QED) is 0.692. The lowest BCUT2D eigenvalue weighted by molar-refractivity contribution is 0.125. The number of aromatic hydroxyl groups is 1. The van der Waals surface area contributed by atoms with Crippen LogP contribution in [0.5, 0.6) is 5.75 Å². The number of aryl methyl sites for hydroxylation is 1. The largest absolute Gasteiger partial charge is 0.508 e. The highest BCUT2D eigenvalue weighted by atomic mass is 16.3. The van der Waals surface area contributed by atoms with Gasteiger partial charge in [0.25, 0.3) is 0 Å². The zero-order chi connectivity index (χ0) is 15.4. The second-order valence-corrected chi connectivity index (χ2v) is 8.16. The molecule has 2 aliphatic rings. The van der Waals surface area contributed by atoms with Crippen molar-refractivity contribution in [1.82, 2.24) is 0 Å². The summed E-state index contributed by atoms with van der Waals surface area (Å²) in [5.41, 5.74) is 4.36. The average molecular weight is 284 g/mol. The summed E-state index contributed by atoms with van der Waals surface area (Å²) in [6.45, 7) is 11.4. The second-order valence-electron chi connectivity index (χ2n) is 8.16. The molecule has 1 nitrogen and oxygen atoms in total. The van der Waals surface area contributed by atoms with Gasteiger partial charge < -0.3 is 5.11 Å². The van der Waals surface area contributed by atoms with Crippen molar-refractivity contribution >= 4 is 0 Å². The monoisotopic (exact) mass is 284 g/mol. The van der Waals surface area contributed by atoms with Gasteiger partial charge in [-0.25, -0.2) is 0 Å². The third kappa shape index (κ3) is 2.13. The van der Waals surface area contributed by atoms with E-state index in [2.05, 4.69) is 58.9 Å². The van der Waals surface area contributed by atoms with Gasteiger partial charge >= 0.3 is 0 Å². The predicted molar refractivity (Wildman–Crippen MR) is 88.9 cm³/mol. The minimum Gasteiger partial charge on any atom is -0.508 e. The molecule has 0 spiro atoms. The van der Waals surface area contributed by atoms with Gasteiger partial charge in [-0.3, -0.25) is 0 Å². The first-order chi connectivity index (χ1) is 9.75. The van der Waals surface area contributed by atoms with Crippen molar-refractivity contribution < 1.29 is 5.11 Å². The van der Waals surface area contributed by atoms with E-state index in [0.717, 1.165) is 18.4 Å². The molecule has 1 heteroatoms. The molecule has 0 saturated carbocycles. The van der Waals surface area contributed by atoms with E-state index in [1.807, 2.05) is 0 Å². The highest BCUT2D eigenvalue weighted by Gasteiger charge is 2.48. The van der Waals surface area contributed by atoms with E-state index >= 15 is 0 Å². The summed E-state index contributed by atoms with van der Waals surface area (Å²) < 4.78 is 0. The van der Waals surface area contributed by atoms with E-state index in [4.69, 9.17) is 0 Å². The number of hydrogen-bond acceptors (Lipinski definition) is 1. The molecule has 21 heavy (non-hydrogen) atoms. The molecule has 0 amide bonds. The number of phenols is 1. The summed E-state index contributed by atoms with van der Waals surface area (Å²) in [6, 6.07) is 4.34. The Morgan fingerprint density at radius 1 is 1.19 bits per heavy atom. The molecule has 3 rings (SSSR count). The molecular weight excluding hydrogens is 256 g/mol. The van der Waals surface area contributed by atoms with Crippen molar-refractivity contribution in [2.45, 2.75) is 65.2 Å². The molecule has 0 aromatic heterocycles. The number of fused-ring (bicyclic) bond motifs is 3. The zero-order valence-corrected chi connectivity index (χ0v) is 14.0. The maximum Gasteiger partial charge on any atom is 0.119 e. The minimum absolute atomic E-state index is 0.165.